The highest BCUT2D eigenvalue weighted by Crippen LogP contribution is 2.47. The molecule has 0 amide bonds. The van der Waals surface area contributed by atoms with Crippen molar-refractivity contribution in [2.45, 2.75) is 31.3 Å². The molecule has 30 heavy (non-hydrogen) atoms. The van der Waals surface area contributed by atoms with E-state index in [2.05, 4.69) is 35.2 Å². The van der Waals surface area contributed by atoms with Crippen LogP contribution in [0.3, 0.4) is 0 Å². The second-order valence-electron chi connectivity index (χ2n) is 7.65. The minimum absolute atomic E-state index is 0.317. The van der Waals surface area contributed by atoms with Gasteiger partial charge in [-0.25, -0.2) is 4.98 Å². The third-order valence-corrected chi connectivity index (χ3v) is 5.65. The number of methoxy groups -OCH3 is 2. The van der Waals surface area contributed by atoms with Crippen molar-refractivity contribution < 1.29 is 9.47 Å². The number of hydrogen-bond acceptors (Lipinski definition) is 5. The molecule has 0 radical (unpaired) electrons. The fourth-order valence-corrected chi connectivity index (χ4v) is 3.57. The Kier molecular flexibility index (Phi) is 5.58. The zero-order valence-electron chi connectivity index (χ0n) is 17.3. The molecule has 3 aromatic rings. The number of anilines is 1. The number of nitriles is 1. The Balaban J connectivity index is 1.59. The minimum atomic E-state index is -0.317. The van der Waals surface area contributed by atoms with Gasteiger partial charge in [0.1, 0.15) is 17.3 Å². The van der Waals surface area contributed by atoms with Crippen LogP contribution in [0.25, 0.3) is 0 Å². The number of benzene rings is 2. The van der Waals surface area contributed by atoms with Gasteiger partial charge in [0.15, 0.2) is 0 Å². The Bertz CT molecular complexity index is 968. The predicted octanol–water partition coefficient (Wildman–Crippen LogP) is 4.86. The number of aromatic nitrogens is 1. The van der Waals surface area contributed by atoms with E-state index in [0.29, 0.717) is 13.1 Å². The molecule has 1 aromatic heterocycles. The highest BCUT2D eigenvalue weighted by molar-refractivity contribution is 5.46. The van der Waals surface area contributed by atoms with Gasteiger partial charge >= 0.3 is 0 Å². The number of rotatable bonds is 8. The van der Waals surface area contributed by atoms with Gasteiger partial charge in [-0.1, -0.05) is 30.3 Å². The summed E-state index contributed by atoms with van der Waals surface area (Å²) in [7, 11) is 3.34. The van der Waals surface area contributed by atoms with Gasteiger partial charge in [0.2, 0.25) is 0 Å². The summed E-state index contributed by atoms with van der Waals surface area (Å²) in [5, 5.41) is 9.45. The van der Waals surface area contributed by atoms with Crippen molar-refractivity contribution in [3.8, 4) is 17.6 Å². The molecule has 1 aliphatic carbocycles. The van der Waals surface area contributed by atoms with Crippen LogP contribution >= 0.6 is 0 Å². The van der Waals surface area contributed by atoms with Gasteiger partial charge in [0, 0.05) is 19.3 Å². The van der Waals surface area contributed by atoms with Crippen LogP contribution in [-0.4, -0.2) is 19.2 Å². The maximum atomic E-state index is 9.45. The van der Waals surface area contributed by atoms with Gasteiger partial charge in [0.25, 0.3) is 0 Å². The van der Waals surface area contributed by atoms with Gasteiger partial charge in [0.05, 0.1) is 25.7 Å². The lowest BCUT2D eigenvalue weighted by Gasteiger charge is -2.25. The van der Waals surface area contributed by atoms with Crippen molar-refractivity contribution in [2.75, 3.05) is 19.1 Å². The summed E-state index contributed by atoms with van der Waals surface area (Å²) in [5.41, 5.74) is 3.04. The zero-order chi connectivity index (χ0) is 21.0. The van der Waals surface area contributed by atoms with Gasteiger partial charge in [-0.15, -0.1) is 0 Å². The molecule has 1 aliphatic rings. The third kappa shape index (κ3) is 4.23. The number of hydrogen-bond donors (Lipinski definition) is 0. The Morgan fingerprint density at radius 1 is 0.867 bits per heavy atom. The normalized spacial score (nSPS) is 13.9. The molecule has 1 fully saturated rings. The highest BCUT2D eigenvalue weighted by Gasteiger charge is 2.45. The molecule has 1 heterocycles. The van der Waals surface area contributed by atoms with E-state index in [1.54, 1.807) is 14.2 Å². The van der Waals surface area contributed by atoms with E-state index < -0.39 is 0 Å². The highest BCUT2D eigenvalue weighted by atomic mass is 16.5. The predicted molar refractivity (Wildman–Crippen MR) is 117 cm³/mol. The fourth-order valence-electron chi connectivity index (χ4n) is 3.57. The van der Waals surface area contributed by atoms with Crippen LogP contribution in [0.2, 0.25) is 0 Å². The van der Waals surface area contributed by atoms with E-state index in [0.717, 1.165) is 35.7 Å². The second-order valence-corrected chi connectivity index (χ2v) is 7.65. The van der Waals surface area contributed by atoms with Crippen molar-refractivity contribution in [1.29, 1.82) is 5.26 Å². The summed E-state index contributed by atoms with van der Waals surface area (Å²) in [5.74, 6) is 2.57. The second kappa shape index (κ2) is 8.46. The Morgan fingerprint density at radius 3 is 1.77 bits per heavy atom. The quantitative estimate of drug-likeness (QED) is 0.541. The summed E-state index contributed by atoms with van der Waals surface area (Å²) in [6.07, 6.45) is 3.71. The van der Waals surface area contributed by atoms with E-state index in [-0.39, 0.29) is 5.41 Å². The van der Waals surface area contributed by atoms with Crippen LogP contribution in [0, 0.1) is 11.3 Å². The van der Waals surface area contributed by atoms with Crippen molar-refractivity contribution in [1.82, 2.24) is 4.98 Å². The van der Waals surface area contributed by atoms with Gasteiger partial charge in [-0.2, -0.15) is 5.26 Å². The van der Waals surface area contributed by atoms with Gasteiger partial charge < -0.3 is 14.4 Å². The molecule has 0 unspecified atom stereocenters. The molecule has 0 bridgehead atoms. The topological polar surface area (TPSA) is 58.4 Å². The summed E-state index contributed by atoms with van der Waals surface area (Å²) >= 11 is 0. The van der Waals surface area contributed by atoms with Crippen molar-refractivity contribution in [3.05, 3.63) is 83.6 Å². The maximum Gasteiger partial charge on any atom is 0.129 e. The van der Waals surface area contributed by atoms with E-state index in [4.69, 9.17) is 14.5 Å². The number of nitrogens with zero attached hydrogens (tertiary/aromatic N) is 3. The first kappa shape index (κ1) is 19.8. The Labute approximate surface area is 177 Å². The monoisotopic (exact) mass is 399 g/mol. The molecule has 2 aromatic carbocycles. The zero-order valence-corrected chi connectivity index (χ0v) is 17.3. The number of pyridine rings is 1. The fraction of sp³-hybridized carbons (Fsp3) is 0.280. The summed E-state index contributed by atoms with van der Waals surface area (Å²) in [4.78, 5) is 6.95. The third-order valence-electron chi connectivity index (χ3n) is 5.65. The molecule has 152 valence electrons. The van der Waals surface area contributed by atoms with Crippen LogP contribution in [-0.2, 0) is 18.5 Å². The summed E-state index contributed by atoms with van der Waals surface area (Å²) < 4.78 is 10.5. The standard InChI is InChI=1S/C25H25N3O2/c1-29-22-8-3-19(4-9-22)16-28(17-20-5-10-23(30-2)11-6-20)24-12-7-21(15-27-24)25(18-26)13-14-25/h3-12,15H,13-14,16-17H2,1-2H3. The Morgan fingerprint density at radius 2 is 1.40 bits per heavy atom. The van der Waals surface area contributed by atoms with Crippen LogP contribution in [0.15, 0.2) is 66.9 Å². The molecule has 1 saturated carbocycles. The molecule has 0 saturated heterocycles. The lowest BCUT2D eigenvalue weighted by atomic mass is 10.00. The van der Waals surface area contributed by atoms with Gasteiger partial charge in [-0.3, -0.25) is 0 Å². The van der Waals surface area contributed by atoms with E-state index in [1.807, 2.05) is 42.6 Å². The molecular weight excluding hydrogens is 374 g/mol. The van der Waals surface area contributed by atoms with Crippen LogP contribution in [0.5, 0.6) is 11.5 Å². The van der Waals surface area contributed by atoms with Crippen LogP contribution < -0.4 is 14.4 Å². The first-order valence-corrected chi connectivity index (χ1v) is 10.0. The lowest BCUT2D eigenvalue weighted by Crippen LogP contribution is -2.23. The SMILES string of the molecule is COc1ccc(CN(Cc2ccc(OC)cc2)c2ccc(C3(C#N)CC3)cn2)cc1. The molecule has 0 atom stereocenters. The molecule has 5 nitrogen and oxygen atoms in total. The van der Waals surface area contributed by atoms with E-state index in [9.17, 15) is 5.26 Å². The molecule has 0 N–H and O–H groups in total. The smallest absolute Gasteiger partial charge is 0.129 e. The molecule has 0 aliphatic heterocycles. The summed E-state index contributed by atoms with van der Waals surface area (Å²) in [6.45, 7) is 1.43. The van der Waals surface area contributed by atoms with Gasteiger partial charge in [-0.05, 0) is 59.9 Å². The maximum absolute atomic E-state index is 9.45. The lowest BCUT2D eigenvalue weighted by molar-refractivity contribution is 0.414. The van der Waals surface area contributed by atoms with Crippen molar-refractivity contribution >= 4 is 5.82 Å². The van der Waals surface area contributed by atoms with Crippen LogP contribution in [0.4, 0.5) is 5.82 Å². The average molecular weight is 399 g/mol. The van der Waals surface area contributed by atoms with Crippen LogP contribution in [0.1, 0.15) is 29.5 Å². The van der Waals surface area contributed by atoms with E-state index in [1.165, 1.54) is 11.1 Å². The molecule has 5 heteroatoms. The summed E-state index contributed by atoms with van der Waals surface area (Å²) in [6, 6.07) is 22.7. The van der Waals surface area contributed by atoms with Crippen molar-refractivity contribution in [2.24, 2.45) is 0 Å². The van der Waals surface area contributed by atoms with Crippen molar-refractivity contribution in [3.63, 3.8) is 0 Å². The number of ether oxygens (including phenoxy) is 2. The molecular formula is C25H25N3O2. The molecule has 0 spiro atoms. The average Bonchev–Trinajstić information content (AvgIpc) is 3.61. The first-order valence-electron chi connectivity index (χ1n) is 10.0. The Hall–Kier alpha value is -3.52. The van der Waals surface area contributed by atoms with E-state index >= 15 is 0 Å². The largest absolute Gasteiger partial charge is 0.497 e. The minimum Gasteiger partial charge on any atom is -0.497 e. The first-order chi connectivity index (χ1) is 14.7. The molecule has 4 rings (SSSR count).